The van der Waals surface area contributed by atoms with Gasteiger partial charge < -0.3 is 10.1 Å². The van der Waals surface area contributed by atoms with Crippen molar-refractivity contribution >= 4 is 15.9 Å². The molecule has 1 N–H and O–H groups in total. The second-order valence-electron chi connectivity index (χ2n) is 5.65. The van der Waals surface area contributed by atoms with E-state index in [4.69, 9.17) is 4.74 Å². The normalized spacial score (nSPS) is 30.8. The monoisotopic (exact) mass is 327 g/mol. The number of rotatable bonds is 4. The molecule has 2 aliphatic heterocycles. The third kappa shape index (κ3) is 2.86. The van der Waals surface area contributed by atoms with Gasteiger partial charge in [0.25, 0.3) is 0 Å². The number of nitrogens with one attached hydrogen (secondary N) is 1. The van der Waals surface area contributed by atoms with Crippen LogP contribution in [0.1, 0.15) is 24.8 Å². The van der Waals surface area contributed by atoms with E-state index in [1.54, 1.807) is 6.07 Å². The van der Waals surface area contributed by atoms with Crippen molar-refractivity contribution in [3.63, 3.8) is 0 Å². The van der Waals surface area contributed by atoms with E-state index in [1.807, 2.05) is 13.1 Å². The van der Waals surface area contributed by atoms with Crippen LogP contribution >= 0.6 is 15.9 Å². The Kier molecular flexibility index (Phi) is 3.92. The molecule has 1 aromatic rings. The Balaban J connectivity index is 1.72. The molecule has 1 aromatic carbocycles. The standard InChI is InChI=1S/C15H19BrFNO/c1-18-14(13-8-12-2-3-15(13)19-12)6-9-4-10(16)7-11(17)5-9/h4-5,7,12-15,18H,2-3,6,8H2,1H3. The van der Waals surface area contributed by atoms with E-state index in [9.17, 15) is 4.39 Å². The highest BCUT2D eigenvalue weighted by molar-refractivity contribution is 9.10. The second kappa shape index (κ2) is 5.51. The SMILES string of the molecule is CNC(Cc1cc(F)cc(Br)c1)C1CC2CCC1O2. The Morgan fingerprint density at radius 1 is 1.42 bits per heavy atom. The Labute approximate surface area is 121 Å². The molecule has 2 fully saturated rings. The van der Waals surface area contributed by atoms with Gasteiger partial charge in [0, 0.05) is 16.4 Å². The van der Waals surface area contributed by atoms with Crippen LogP contribution < -0.4 is 5.32 Å². The number of hydrogen-bond donors (Lipinski definition) is 1. The molecule has 0 aliphatic carbocycles. The fourth-order valence-electron chi connectivity index (χ4n) is 3.55. The average molecular weight is 328 g/mol. The van der Waals surface area contributed by atoms with Crippen molar-refractivity contribution < 1.29 is 9.13 Å². The summed E-state index contributed by atoms with van der Waals surface area (Å²) in [7, 11) is 1.99. The molecule has 3 rings (SSSR count). The van der Waals surface area contributed by atoms with Gasteiger partial charge in [-0.2, -0.15) is 0 Å². The molecule has 2 heterocycles. The predicted molar refractivity (Wildman–Crippen MR) is 76.7 cm³/mol. The Bertz CT molecular complexity index is 447. The first-order chi connectivity index (χ1) is 9.15. The van der Waals surface area contributed by atoms with E-state index >= 15 is 0 Å². The first kappa shape index (κ1) is 13.5. The van der Waals surface area contributed by atoms with Gasteiger partial charge in [-0.05, 0) is 56.5 Å². The van der Waals surface area contributed by atoms with Gasteiger partial charge in [-0.1, -0.05) is 15.9 Å². The van der Waals surface area contributed by atoms with Crippen LogP contribution in [-0.2, 0) is 11.2 Å². The Morgan fingerprint density at radius 2 is 2.26 bits per heavy atom. The summed E-state index contributed by atoms with van der Waals surface area (Å²) in [5.41, 5.74) is 1.04. The molecule has 104 valence electrons. The van der Waals surface area contributed by atoms with Crippen LogP contribution in [0, 0.1) is 11.7 Å². The molecule has 2 saturated heterocycles. The van der Waals surface area contributed by atoms with Gasteiger partial charge in [0.1, 0.15) is 5.82 Å². The summed E-state index contributed by atoms with van der Waals surface area (Å²) < 4.78 is 20.2. The van der Waals surface area contributed by atoms with Crippen LogP contribution in [0.15, 0.2) is 22.7 Å². The number of ether oxygens (including phenoxy) is 1. The molecule has 4 unspecified atom stereocenters. The third-order valence-corrected chi connectivity index (χ3v) is 4.88. The largest absolute Gasteiger partial charge is 0.375 e. The zero-order chi connectivity index (χ0) is 13.4. The molecule has 0 aromatic heterocycles. The van der Waals surface area contributed by atoms with Crippen molar-refractivity contribution in [1.29, 1.82) is 0 Å². The lowest BCUT2D eigenvalue weighted by Crippen LogP contribution is -2.40. The maximum atomic E-state index is 13.4. The summed E-state index contributed by atoms with van der Waals surface area (Å²) in [6, 6.07) is 5.49. The van der Waals surface area contributed by atoms with Crippen molar-refractivity contribution in [3.8, 4) is 0 Å². The molecule has 0 spiro atoms. The van der Waals surface area contributed by atoms with Crippen LogP contribution in [0.4, 0.5) is 4.39 Å². The van der Waals surface area contributed by atoms with Gasteiger partial charge in [-0.25, -0.2) is 4.39 Å². The summed E-state index contributed by atoms with van der Waals surface area (Å²) in [6.07, 6.45) is 5.25. The van der Waals surface area contributed by atoms with Gasteiger partial charge in [0.05, 0.1) is 12.2 Å². The Morgan fingerprint density at radius 3 is 2.84 bits per heavy atom. The molecule has 2 bridgehead atoms. The topological polar surface area (TPSA) is 21.3 Å². The van der Waals surface area contributed by atoms with Crippen LogP contribution in [0.3, 0.4) is 0 Å². The number of halogens is 2. The summed E-state index contributed by atoms with van der Waals surface area (Å²) in [5, 5.41) is 3.40. The van der Waals surface area contributed by atoms with E-state index in [-0.39, 0.29) is 5.82 Å². The summed E-state index contributed by atoms with van der Waals surface area (Å²) in [6.45, 7) is 0. The van der Waals surface area contributed by atoms with Gasteiger partial charge in [0.15, 0.2) is 0 Å². The lowest BCUT2D eigenvalue weighted by Gasteiger charge is -2.28. The van der Waals surface area contributed by atoms with Gasteiger partial charge in [-0.3, -0.25) is 0 Å². The third-order valence-electron chi connectivity index (χ3n) is 4.42. The van der Waals surface area contributed by atoms with E-state index in [0.29, 0.717) is 24.2 Å². The van der Waals surface area contributed by atoms with Crippen LogP contribution in [-0.4, -0.2) is 25.3 Å². The van der Waals surface area contributed by atoms with Gasteiger partial charge in [0.2, 0.25) is 0 Å². The summed E-state index contributed by atoms with van der Waals surface area (Å²) in [4.78, 5) is 0. The van der Waals surface area contributed by atoms with Crippen molar-refractivity contribution in [2.45, 2.75) is 43.9 Å². The second-order valence-corrected chi connectivity index (χ2v) is 6.57. The maximum Gasteiger partial charge on any atom is 0.124 e. The predicted octanol–water partition coefficient (Wildman–Crippen LogP) is 3.29. The van der Waals surface area contributed by atoms with Crippen LogP contribution in [0.2, 0.25) is 0 Å². The van der Waals surface area contributed by atoms with Crippen LogP contribution in [0.25, 0.3) is 0 Å². The molecule has 4 heteroatoms. The molecule has 0 radical (unpaired) electrons. The summed E-state index contributed by atoms with van der Waals surface area (Å²) in [5.74, 6) is 0.384. The zero-order valence-corrected chi connectivity index (χ0v) is 12.6. The highest BCUT2D eigenvalue weighted by atomic mass is 79.9. The molecule has 4 atom stereocenters. The van der Waals surface area contributed by atoms with Crippen molar-refractivity contribution in [2.75, 3.05) is 7.05 Å². The fourth-order valence-corrected chi connectivity index (χ4v) is 4.06. The van der Waals surface area contributed by atoms with Crippen molar-refractivity contribution in [1.82, 2.24) is 5.32 Å². The minimum Gasteiger partial charge on any atom is -0.375 e. The number of hydrogen-bond acceptors (Lipinski definition) is 2. The molecular formula is C15H19BrFNO. The minimum atomic E-state index is -0.177. The van der Waals surface area contributed by atoms with E-state index in [1.165, 1.54) is 18.9 Å². The molecule has 2 aliphatic rings. The van der Waals surface area contributed by atoms with Gasteiger partial charge in [-0.15, -0.1) is 0 Å². The molecule has 0 amide bonds. The number of fused-ring (bicyclic) bond motifs is 2. The highest BCUT2D eigenvalue weighted by Crippen LogP contribution is 2.41. The zero-order valence-electron chi connectivity index (χ0n) is 11.0. The van der Waals surface area contributed by atoms with Crippen molar-refractivity contribution in [3.05, 3.63) is 34.1 Å². The van der Waals surface area contributed by atoms with Crippen molar-refractivity contribution in [2.24, 2.45) is 5.92 Å². The first-order valence-electron chi connectivity index (χ1n) is 6.93. The molecule has 0 saturated carbocycles. The summed E-state index contributed by atoms with van der Waals surface area (Å²) >= 11 is 3.36. The minimum absolute atomic E-state index is 0.177. The average Bonchev–Trinajstić information content (AvgIpc) is 2.96. The van der Waals surface area contributed by atoms with Crippen LogP contribution in [0.5, 0.6) is 0 Å². The lowest BCUT2D eigenvalue weighted by atomic mass is 9.81. The smallest absolute Gasteiger partial charge is 0.124 e. The highest BCUT2D eigenvalue weighted by Gasteiger charge is 2.43. The lowest BCUT2D eigenvalue weighted by molar-refractivity contribution is 0.0863. The fraction of sp³-hybridized carbons (Fsp3) is 0.600. The van der Waals surface area contributed by atoms with E-state index in [0.717, 1.165) is 22.9 Å². The molecular weight excluding hydrogens is 309 g/mol. The maximum absolute atomic E-state index is 13.4. The van der Waals surface area contributed by atoms with E-state index in [2.05, 4.69) is 21.2 Å². The molecule has 19 heavy (non-hydrogen) atoms. The first-order valence-corrected chi connectivity index (χ1v) is 7.72. The molecule has 2 nitrogen and oxygen atoms in total. The quantitative estimate of drug-likeness (QED) is 0.916. The number of likely N-dealkylation sites (N-methyl/N-ethyl adjacent to an activating group) is 1. The van der Waals surface area contributed by atoms with Gasteiger partial charge >= 0.3 is 0 Å². The Hall–Kier alpha value is -0.450. The number of benzene rings is 1. The van der Waals surface area contributed by atoms with E-state index < -0.39 is 0 Å².